The van der Waals surface area contributed by atoms with Crippen molar-refractivity contribution in [2.45, 2.75) is 57.4 Å². The van der Waals surface area contributed by atoms with E-state index >= 15 is 0 Å². The van der Waals surface area contributed by atoms with E-state index in [1.165, 1.54) is 4.90 Å². The molecule has 1 aromatic rings. The maximum absolute atomic E-state index is 12.7. The molecule has 3 fully saturated rings. The topological polar surface area (TPSA) is 80.8 Å². The molecule has 2 atom stereocenters. The lowest BCUT2D eigenvalue weighted by Crippen LogP contribution is -2.43. The molecule has 0 N–H and O–H groups in total. The normalized spacial score (nSPS) is 30.1. The number of aldehydes is 1. The van der Waals surface area contributed by atoms with Crippen molar-refractivity contribution < 1.29 is 23.9 Å². The van der Waals surface area contributed by atoms with Crippen LogP contribution in [0.2, 0.25) is 0 Å². The molecule has 3 aliphatic rings. The number of amides is 2. The quantitative estimate of drug-likeness (QED) is 0.345. The second-order valence-electron chi connectivity index (χ2n) is 8.16. The Labute approximate surface area is 164 Å². The van der Waals surface area contributed by atoms with Gasteiger partial charge in [-0.15, -0.1) is 0 Å². The van der Waals surface area contributed by atoms with Crippen LogP contribution in [-0.2, 0) is 14.4 Å². The van der Waals surface area contributed by atoms with Gasteiger partial charge in [-0.1, -0.05) is 12.8 Å². The first kappa shape index (κ1) is 18.8. The summed E-state index contributed by atoms with van der Waals surface area (Å²) in [5, 5.41) is 0. The van der Waals surface area contributed by atoms with Crippen LogP contribution in [0.1, 0.15) is 61.7 Å². The summed E-state index contributed by atoms with van der Waals surface area (Å²) in [7, 11) is 0. The summed E-state index contributed by atoms with van der Waals surface area (Å²) >= 11 is 0. The molecule has 6 nitrogen and oxygen atoms in total. The Morgan fingerprint density at radius 1 is 0.893 bits per heavy atom. The Morgan fingerprint density at radius 2 is 1.46 bits per heavy atom. The molecule has 0 aromatic heterocycles. The molecule has 148 valence electrons. The third-order valence-corrected chi connectivity index (χ3v) is 6.51. The zero-order valence-corrected chi connectivity index (χ0v) is 15.8. The zero-order valence-electron chi connectivity index (χ0n) is 15.8. The lowest BCUT2D eigenvalue weighted by molar-refractivity contribution is -0.144. The van der Waals surface area contributed by atoms with Crippen LogP contribution in [0.25, 0.3) is 0 Å². The number of ether oxygens (including phenoxy) is 1. The van der Waals surface area contributed by atoms with Gasteiger partial charge in [-0.2, -0.15) is 0 Å². The molecule has 6 heteroatoms. The molecule has 0 bridgehead atoms. The molecule has 1 aliphatic heterocycles. The van der Waals surface area contributed by atoms with Gasteiger partial charge in [0.05, 0.1) is 17.8 Å². The van der Waals surface area contributed by atoms with E-state index in [-0.39, 0.29) is 41.6 Å². The third-order valence-electron chi connectivity index (χ3n) is 6.51. The minimum atomic E-state index is -0.287. The third kappa shape index (κ3) is 3.48. The van der Waals surface area contributed by atoms with Crippen molar-refractivity contribution in [3.05, 3.63) is 29.8 Å². The van der Waals surface area contributed by atoms with Crippen molar-refractivity contribution in [2.75, 3.05) is 0 Å². The fraction of sp³-hybridized carbons (Fsp3) is 0.545. The number of imide groups is 1. The first-order chi connectivity index (χ1) is 13.6. The predicted octanol–water partition coefficient (Wildman–Crippen LogP) is 3.14. The van der Waals surface area contributed by atoms with Crippen molar-refractivity contribution in [1.29, 1.82) is 0 Å². The largest absolute Gasteiger partial charge is 0.426 e. The first-order valence-corrected chi connectivity index (χ1v) is 10.2. The van der Waals surface area contributed by atoms with Crippen LogP contribution in [0.15, 0.2) is 24.3 Å². The van der Waals surface area contributed by atoms with Gasteiger partial charge in [-0.25, -0.2) is 0 Å². The van der Waals surface area contributed by atoms with Gasteiger partial charge < -0.3 is 4.74 Å². The highest BCUT2D eigenvalue weighted by Crippen LogP contribution is 2.41. The molecule has 2 saturated carbocycles. The van der Waals surface area contributed by atoms with Gasteiger partial charge in [0.25, 0.3) is 0 Å². The van der Waals surface area contributed by atoms with E-state index in [1.807, 2.05) is 0 Å². The van der Waals surface area contributed by atoms with Crippen molar-refractivity contribution in [3.8, 4) is 5.75 Å². The van der Waals surface area contributed by atoms with Gasteiger partial charge in [0, 0.05) is 11.6 Å². The van der Waals surface area contributed by atoms with E-state index in [2.05, 4.69) is 0 Å². The molecular weight excluding hydrogens is 358 g/mol. The summed E-state index contributed by atoms with van der Waals surface area (Å²) in [5.41, 5.74) is 0.529. The number of fused-ring (bicyclic) bond motifs is 1. The average molecular weight is 383 g/mol. The maximum Gasteiger partial charge on any atom is 0.314 e. The van der Waals surface area contributed by atoms with Gasteiger partial charge in [0.2, 0.25) is 11.8 Å². The van der Waals surface area contributed by atoms with Gasteiger partial charge in [-0.05, 0) is 62.8 Å². The molecule has 1 heterocycles. The van der Waals surface area contributed by atoms with Crippen LogP contribution < -0.4 is 4.74 Å². The van der Waals surface area contributed by atoms with Crippen LogP contribution >= 0.6 is 0 Å². The number of rotatable bonds is 4. The van der Waals surface area contributed by atoms with E-state index in [9.17, 15) is 19.2 Å². The SMILES string of the molecule is O=Cc1ccc(OC(=O)C2CCC(N3C(=O)[C@@H]4CCCC[C@H]4C3=O)CC2)cc1. The Hall–Kier alpha value is -2.50. The summed E-state index contributed by atoms with van der Waals surface area (Å²) < 4.78 is 5.43. The Bertz CT molecular complexity index is 755. The average Bonchev–Trinajstić information content (AvgIpc) is 2.99. The zero-order chi connectivity index (χ0) is 19.7. The monoisotopic (exact) mass is 383 g/mol. The molecular formula is C22H25NO5. The van der Waals surface area contributed by atoms with Gasteiger partial charge in [0.1, 0.15) is 12.0 Å². The number of benzene rings is 1. The molecule has 0 spiro atoms. The highest BCUT2D eigenvalue weighted by Gasteiger charge is 2.50. The minimum Gasteiger partial charge on any atom is -0.426 e. The smallest absolute Gasteiger partial charge is 0.314 e. The Kier molecular flexibility index (Phi) is 5.29. The first-order valence-electron chi connectivity index (χ1n) is 10.2. The molecule has 1 saturated heterocycles. The highest BCUT2D eigenvalue weighted by molar-refractivity contribution is 6.05. The van der Waals surface area contributed by atoms with E-state index in [0.717, 1.165) is 32.0 Å². The molecule has 4 rings (SSSR count). The van der Waals surface area contributed by atoms with Crippen LogP contribution in [0, 0.1) is 17.8 Å². The molecule has 1 aromatic carbocycles. The van der Waals surface area contributed by atoms with Crippen LogP contribution in [0.5, 0.6) is 5.75 Å². The number of hydrogen-bond acceptors (Lipinski definition) is 5. The Morgan fingerprint density at radius 3 is 2.00 bits per heavy atom. The molecule has 28 heavy (non-hydrogen) atoms. The van der Waals surface area contributed by atoms with Crippen molar-refractivity contribution in [1.82, 2.24) is 4.90 Å². The van der Waals surface area contributed by atoms with Crippen molar-refractivity contribution in [3.63, 3.8) is 0 Å². The van der Waals surface area contributed by atoms with Gasteiger partial charge in [0.15, 0.2) is 0 Å². The Balaban J connectivity index is 1.34. The van der Waals surface area contributed by atoms with Crippen LogP contribution in [0.4, 0.5) is 0 Å². The lowest BCUT2D eigenvalue weighted by Gasteiger charge is -2.32. The summed E-state index contributed by atoms with van der Waals surface area (Å²) in [6.45, 7) is 0. The van der Waals surface area contributed by atoms with E-state index in [4.69, 9.17) is 4.74 Å². The number of hydrogen-bond donors (Lipinski definition) is 0. The number of esters is 1. The minimum absolute atomic E-state index is 0.0102. The van der Waals surface area contributed by atoms with Gasteiger partial charge >= 0.3 is 5.97 Å². The second-order valence-corrected chi connectivity index (χ2v) is 8.16. The second kappa shape index (κ2) is 7.86. The number of likely N-dealkylation sites (tertiary alicyclic amines) is 1. The molecule has 2 aliphatic carbocycles. The van der Waals surface area contributed by atoms with Crippen LogP contribution in [-0.4, -0.2) is 35.0 Å². The summed E-state index contributed by atoms with van der Waals surface area (Å²) in [4.78, 5) is 50.2. The maximum atomic E-state index is 12.7. The molecule has 0 radical (unpaired) electrons. The molecule has 0 unspecified atom stereocenters. The van der Waals surface area contributed by atoms with Crippen molar-refractivity contribution >= 4 is 24.1 Å². The fourth-order valence-corrected chi connectivity index (χ4v) is 4.93. The molecule has 2 amide bonds. The van der Waals surface area contributed by atoms with E-state index < -0.39 is 0 Å². The van der Waals surface area contributed by atoms with E-state index in [0.29, 0.717) is 37.0 Å². The van der Waals surface area contributed by atoms with Gasteiger partial charge in [-0.3, -0.25) is 24.1 Å². The number of nitrogens with zero attached hydrogens (tertiary/aromatic N) is 1. The summed E-state index contributed by atoms with van der Waals surface area (Å²) in [6, 6.07) is 6.35. The summed E-state index contributed by atoms with van der Waals surface area (Å²) in [6.07, 6.45) is 6.99. The van der Waals surface area contributed by atoms with Crippen molar-refractivity contribution in [2.24, 2.45) is 17.8 Å². The van der Waals surface area contributed by atoms with Crippen LogP contribution in [0.3, 0.4) is 0 Å². The number of carbonyl (C=O) groups is 4. The highest BCUT2D eigenvalue weighted by atomic mass is 16.5. The number of carbonyl (C=O) groups excluding carboxylic acids is 4. The fourth-order valence-electron chi connectivity index (χ4n) is 4.93. The lowest BCUT2D eigenvalue weighted by atomic mass is 9.81. The van der Waals surface area contributed by atoms with E-state index in [1.54, 1.807) is 24.3 Å². The predicted molar refractivity (Wildman–Crippen MR) is 101 cm³/mol. The standard InChI is InChI=1S/C22H25NO5/c24-13-14-5-11-17(12-6-14)28-22(27)15-7-9-16(10-8-15)23-20(25)18-3-1-2-4-19(18)21(23)26/h5-6,11-13,15-16,18-19H,1-4,7-10H2/t15?,16?,18-,19-/m1/s1. The summed E-state index contributed by atoms with van der Waals surface area (Å²) in [5.74, 6) is -0.294.